The van der Waals surface area contributed by atoms with Gasteiger partial charge >= 0.3 is 0 Å². The molecular formula is C22H19FN6O2S2. The Morgan fingerprint density at radius 2 is 1.91 bits per heavy atom. The molecule has 8 nitrogen and oxygen atoms in total. The molecule has 0 atom stereocenters. The van der Waals surface area contributed by atoms with Crippen LogP contribution in [0.4, 0.5) is 4.39 Å². The highest BCUT2D eigenvalue weighted by Crippen LogP contribution is 2.31. The molecule has 0 spiro atoms. The quantitative estimate of drug-likeness (QED) is 0.388. The van der Waals surface area contributed by atoms with Gasteiger partial charge in [-0.2, -0.15) is 0 Å². The van der Waals surface area contributed by atoms with Crippen molar-refractivity contribution in [3.05, 3.63) is 70.7 Å². The molecule has 1 amide bonds. The summed E-state index contributed by atoms with van der Waals surface area (Å²) in [6.45, 7) is 2.24. The number of ether oxygens (including phenoxy) is 1. The molecule has 0 N–H and O–H groups in total. The summed E-state index contributed by atoms with van der Waals surface area (Å²) in [5.74, 6) is 0.541. The Hall–Kier alpha value is -3.15. The Balaban J connectivity index is 1.39. The van der Waals surface area contributed by atoms with Crippen LogP contribution in [0, 0.1) is 5.82 Å². The van der Waals surface area contributed by atoms with Gasteiger partial charge in [0.25, 0.3) is 5.91 Å². The van der Waals surface area contributed by atoms with Crippen LogP contribution in [0.1, 0.15) is 15.5 Å². The van der Waals surface area contributed by atoms with Crippen molar-refractivity contribution in [3.8, 4) is 17.1 Å². The average Bonchev–Trinajstić information content (AvgIpc) is 3.51. The topological polar surface area (TPSA) is 86.0 Å². The van der Waals surface area contributed by atoms with Gasteiger partial charge in [-0.15, -0.1) is 21.5 Å². The van der Waals surface area contributed by atoms with Gasteiger partial charge in [-0.05, 0) is 24.3 Å². The number of nitrogens with zero attached hydrogens (tertiary/aromatic N) is 6. The molecule has 4 heterocycles. The summed E-state index contributed by atoms with van der Waals surface area (Å²) < 4.78 is 21.7. The fourth-order valence-electron chi connectivity index (χ4n) is 3.43. The van der Waals surface area contributed by atoms with Crippen LogP contribution < -0.4 is 0 Å². The predicted molar refractivity (Wildman–Crippen MR) is 123 cm³/mol. The van der Waals surface area contributed by atoms with Crippen molar-refractivity contribution in [3.63, 3.8) is 0 Å². The van der Waals surface area contributed by atoms with E-state index < -0.39 is 0 Å². The molecule has 168 valence electrons. The van der Waals surface area contributed by atoms with E-state index in [2.05, 4.69) is 20.2 Å². The fourth-order valence-corrected chi connectivity index (χ4v) is 5.16. The number of pyridine rings is 1. The number of para-hydroxylation sites is 1. The molecule has 0 aliphatic carbocycles. The second-order valence-electron chi connectivity index (χ2n) is 7.15. The minimum atomic E-state index is -0.373. The number of benzene rings is 1. The number of hydrogen-bond acceptors (Lipinski definition) is 8. The molecule has 1 fully saturated rings. The Morgan fingerprint density at radius 3 is 2.70 bits per heavy atom. The van der Waals surface area contributed by atoms with E-state index in [1.807, 2.05) is 0 Å². The third kappa shape index (κ3) is 4.65. The molecule has 33 heavy (non-hydrogen) atoms. The van der Waals surface area contributed by atoms with Crippen LogP contribution in [0.15, 0.2) is 59.3 Å². The highest BCUT2D eigenvalue weighted by atomic mass is 32.2. The van der Waals surface area contributed by atoms with E-state index in [4.69, 9.17) is 4.74 Å². The highest BCUT2D eigenvalue weighted by molar-refractivity contribution is 7.98. The van der Waals surface area contributed by atoms with Gasteiger partial charge in [-0.25, -0.2) is 9.37 Å². The Morgan fingerprint density at radius 1 is 1.12 bits per heavy atom. The van der Waals surface area contributed by atoms with Gasteiger partial charge in [0.05, 0.1) is 24.7 Å². The summed E-state index contributed by atoms with van der Waals surface area (Å²) in [4.78, 5) is 23.0. The van der Waals surface area contributed by atoms with Gasteiger partial charge in [0, 0.05) is 36.4 Å². The number of carbonyl (C=O) groups is 1. The maximum Gasteiger partial charge on any atom is 0.273 e. The summed E-state index contributed by atoms with van der Waals surface area (Å²) >= 11 is 2.81. The molecule has 0 radical (unpaired) electrons. The van der Waals surface area contributed by atoms with E-state index in [9.17, 15) is 9.18 Å². The van der Waals surface area contributed by atoms with E-state index in [0.717, 1.165) is 10.6 Å². The summed E-state index contributed by atoms with van der Waals surface area (Å²) in [7, 11) is 0. The van der Waals surface area contributed by atoms with Crippen LogP contribution in [0.3, 0.4) is 0 Å². The first-order valence-corrected chi connectivity index (χ1v) is 12.1. The number of thiazole rings is 1. The van der Waals surface area contributed by atoms with Gasteiger partial charge in [0.15, 0.2) is 11.0 Å². The Bertz CT molecular complexity index is 1260. The van der Waals surface area contributed by atoms with Gasteiger partial charge < -0.3 is 9.64 Å². The molecule has 4 aromatic rings. The van der Waals surface area contributed by atoms with Crippen LogP contribution in [0.2, 0.25) is 0 Å². The van der Waals surface area contributed by atoms with E-state index in [1.165, 1.54) is 29.2 Å². The molecule has 0 bridgehead atoms. The Labute approximate surface area is 197 Å². The number of morpholine rings is 1. The molecule has 1 saturated heterocycles. The minimum Gasteiger partial charge on any atom is -0.378 e. The molecular weight excluding hydrogens is 463 g/mol. The first-order valence-electron chi connectivity index (χ1n) is 10.3. The average molecular weight is 483 g/mol. The number of thioether (sulfide) groups is 1. The lowest BCUT2D eigenvalue weighted by Crippen LogP contribution is -2.40. The number of halogens is 1. The molecule has 1 aliphatic rings. The van der Waals surface area contributed by atoms with Crippen LogP contribution in [-0.4, -0.2) is 61.8 Å². The van der Waals surface area contributed by atoms with Gasteiger partial charge in [0.1, 0.15) is 16.5 Å². The number of carbonyl (C=O) groups excluding carboxylic acids is 1. The van der Waals surface area contributed by atoms with Crippen molar-refractivity contribution in [1.82, 2.24) is 29.6 Å². The third-order valence-corrected chi connectivity index (χ3v) is 7.03. The number of hydrogen-bond donors (Lipinski definition) is 0. The summed E-state index contributed by atoms with van der Waals surface area (Å²) in [5.41, 5.74) is 1.57. The van der Waals surface area contributed by atoms with Crippen molar-refractivity contribution >= 4 is 29.0 Å². The summed E-state index contributed by atoms with van der Waals surface area (Å²) in [6, 6.07) is 10.1. The van der Waals surface area contributed by atoms with E-state index in [-0.39, 0.29) is 11.7 Å². The zero-order chi connectivity index (χ0) is 22.6. The van der Waals surface area contributed by atoms with E-state index >= 15 is 0 Å². The lowest BCUT2D eigenvalue weighted by molar-refractivity contribution is 0.0299. The highest BCUT2D eigenvalue weighted by Gasteiger charge is 2.22. The molecule has 11 heteroatoms. The molecule has 5 rings (SSSR count). The number of rotatable bonds is 6. The largest absolute Gasteiger partial charge is 0.378 e. The van der Waals surface area contributed by atoms with Gasteiger partial charge in [0.2, 0.25) is 0 Å². The lowest BCUT2D eigenvalue weighted by atomic mass is 10.2. The van der Waals surface area contributed by atoms with Crippen LogP contribution in [0.5, 0.6) is 0 Å². The smallest absolute Gasteiger partial charge is 0.273 e. The maximum absolute atomic E-state index is 14.7. The zero-order valence-corrected chi connectivity index (χ0v) is 19.1. The van der Waals surface area contributed by atoms with Crippen molar-refractivity contribution in [2.45, 2.75) is 10.9 Å². The van der Waals surface area contributed by atoms with Gasteiger partial charge in [-0.1, -0.05) is 23.9 Å². The second kappa shape index (κ2) is 9.77. The number of amides is 1. The van der Waals surface area contributed by atoms with E-state index in [0.29, 0.717) is 54.4 Å². The van der Waals surface area contributed by atoms with Gasteiger partial charge in [-0.3, -0.25) is 14.3 Å². The molecule has 1 aliphatic heterocycles. The monoisotopic (exact) mass is 482 g/mol. The van der Waals surface area contributed by atoms with Crippen LogP contribution in [-0.2, 0) is 10.5 Å². The van der Waals surface area contributed by atoms with Crippen molar-refractivity contribution in [2.24, 2.45) is 0 Å². The second-order valence-corrected chi connectivity index (χ2v) is 9.03. The zero-order valence-electron chi connectivity index (χ0n) is 17.4. The van der Waals surface area contributed by atoms with Crippen molar-refractivity contribution in [1.29, 1.82) is 0 Å². The first-order chi connectivity index (χ1) is 16.2. The van der Waals surface area contributed by atoms with Crippen molar-refractivity contribution in [2.75, 3.05) is 26.3 Å². The maximum atomic E-state index is 14.7. The molecule has 3 aromatic heterocycles. The standard InChI is InChI=1S/C22H19FN6O2S2/c23-16-3-1-2-4-18(16)29-20(15-5-7-24-8-6-15)26-27-22(29)33-14-19-25-17(13-32-19)21(30)28-9-11-31-12-10-28/h1-8,13H,9-12,14H2. The molecule has 0 saturated carbocycles. The Kier molecular flexibility index (Phi) is 6.42. The minimum absolute atomic E-state index is 0.0831. The summed E-state index contributed by atoms with van der Waals surface area (Å²) in [6.07, 6.45) is 3.32. The third-order valence-electron chi connectivity index (χ3n) is 5.06. The first kappa shape index (κ1) is 21.7. The fraction of sp³-hybridized carbons (Fsp3) is 0.227. The van der Waals surface area contributed by atoms with E-state index in [1.54, 1.807) is 57.6 Å². The SMILES string of the molecule is O=C(c1csc(CSc2nnc(-c3ccncc3)n2-c2ccccc2F)n1)N1CCOCC1. The van der Waals surface area contributed by atoms with Crippen molar-refractivity contribution < 1.29 is 13.9 Å². The summed E-state index contributed by atoms with van der Waals surface area (Å²) in [5, 5.41) is 11.7. The van der Waals surface area contributed by atoms with Crippen LogP contribution >= 0.6 is 23.1 Å². The van der Waals surface area contributed by atoms with Crippen LogP contribution in [0.25, 0.3) is 17.1 Å². The molecule has 1 aromatic carbocycles. The lowest BCUT2D eigenvalue weighted by Gasteiger charge is -2.25. The predicted octanol–water partition coefficient (Wildman–Crippen LogP) is 3.69. The molecule has 0 unspecified atom stereocenters. The normalized spacial score (nSPS) is 13.9. The number of aromatic nitrogens is 5.